The third-order valence-electron chi connectivity index (χ3n) is 3.77. The van der Waals surface area contributed by atoms with E-state index in [1.807, 2.05) is 30.3 Å². The molecule has 0 aromatic heterocycles. The first-order valence-electron chi connectivity index (χ1n) is 7.51. The topological polar surface area (TPSA) is 55.1 Å². The summed E-state index contributed by atoms with van der Waals surface area (Å²) in [5.41, 5.74) is 8.52. The minimum atomic E-state index is -0.460. The molecule has 0 heterocycles. The zero-order chi connectivity index (χ0) is 14.2. The van der Waals surface area contributed by atoms with Crippen LogP contribution in [0.2, 0.25) is 0 Å². The molecule has 1 aromatic carbocycles. The van der Waals surface area contributed by atoms with E-state index in [0.29, 0.717) is 13.0 Å². The van der Waals surface area contributed by atoms with Crippen LogP contribution in [-0.4, -0.2) is 18.5 Å². The fourth-order valence-electron chi connectivity index (χ4n) is 2.57. The lowest BCUT2D eigenvalue weighted by atomic mass is 9.97. The molecular weight excluding hydrogens is 248 g/mol. The van der Waals surface area contributed by atoms with Gasteiger partial charge in [0, 0.05) is 6.54 Å². The van der Waals surface area contributed by atoms with Crippen molar-refractivity contribution < 1.29 is 4.79 Å². The quantitative estimate of drug-likeness (QED) is 0.782. The van der Waals surface area contributed by atoms with Crippen LogP contribution in [0.1, 0.15) is 37.7 Å². The van der Waals surface area contributed by atoms with Gasteiger partial charge in [-0.25, -0.2) is 0 Å². The van der Waals surface area contributed by atoms with E-state index in [2.05, 4.69) is 11.4 Å². The van der Waals surface area contributed by atoms with E-state index in [-0.39, 0.29) is 5.91 Å². The Morgan fingerprint density at radius 3 is 2.75 bits per heavy atom. The Morgan fingerprint density at radius 2 is 2.05 bits per heavy atom. The molecule has 0 bridgehead atoms. The smallest absolute Gasteiger partial charge is 0.237 e. The first kappa shape index (κ1) is 14.8. The summed E-state index contributed by atoms with van der Waals surface area (Å²) in [7, 11) is 0. The molecule has 0 aliphatic heterocycles. The number of benzene rings is 1. The van der Waals surface area contributed by atoms with Gasteiger partial charge >= 0.3 is 0 Å². The number of nitrogens with one attached hydrogen (secondary N) is 1. The number of carbonyl (C=O) groups is 1. The van der Waals surface area contributed by atoms with Crippen molar-refractivity contribution >= 4 is 5.91 Å². The number of allylic oxidation sites excluding steroid dienone is 1. The molecule has 0 fully saturated rings. The van der Waals surface area contributed by atoms with E-state index in [4.69, 9.17) is 5.73 Å². The standard InChI is InChI=1S/C17H24N2O/c18-16(13-15-9-5-2-6-10-15)17(20)19-12-11-14-7-3-1-4-8-14/h2,5-7,9-10,16H,1,3-4,8,11-13,18H2,(H,19,20). The van der Waals surface area contributed by atoms with Crippen LogP contribution in [0.4, 0.5) is 0 Å². The molecule has 1 amide bonds. The minimum Gasteiger partial charge on any atom is -0.354 e. The average Bonchev–Trinajstić information content (AvgIpc) is 2.49. The number of hydrogen-bond acceptors (Lipinski definition) is 2. The highest BCUT2D eigenvalue weighted by Gasteiger charge is 2.13. The molecule has 0 spiro atoms. The summed E-state index contributed by atoms with van der Waals surface area (Å²) >= 11 is 0. The van der Waals surface area contributed by atoms with E-state index in [9.17, 15) is 4.79 Å². The summed E-state index contributed by atoms with van der Waals surface area (Å²) < 4.78 is 0. The Balaban J connectivity index is 1.70. The molecule has 2 rings (SSSR count). The van der Waals surface area contributed by atoms with Crippen molar-refractivity contribution in [1.29, 1.82) is 0 Å². The van der Waals surface area contributed by atoms with Crippen molar-refractivity contribution in [1.82, 2.24) is 5.32 Å². The van der Waals surface area contributed by atoms with Crippen molar-refractivity contribution in [3.05, 3.63) is 47.5 Å². The number of carbonyl (C=O) groups excluding carboxylic acids is 1. The zero-order valence-corrected chi connectivity index (χ0v) is 12.0. The van der Waals surface area contributed by atoms with Gasteiger partial charge in [-0.2, -0.15) is 0 Å². The van der Waals surface area contributed by atoms with Crippen LogP contribution in [-0.2, 0) is 11.2 Å². The second kappa shape index (κ2) is 7.85. The molecule has 1 aliphatic carbocycles. The molecule has 3 N–H and O–H groups in total. The van der Waals surface area contributed by atoms with Gasteiger partial charge in [0.2, 0.25) is 5.91 Å². The molecule has 20 heavy (non-hydrogen) atoms. The molecule has 0 saturated heterocycles. The molecule has 3 nitrogen and oxygen atoms in total. The second-order valence-corrected chi connectivity index (χ2v) is 5.45. The molecule has 1 unspecified atom stereocenters. The van der Waals surface area contributed by atoms with Crippen molar-refractivity contribution in [2.75, 3.05) is 6.54 Å². The zero-order valence-electron chi connectivity index (χ0n) is 12.0. The maximum Gasteiger partial charge on any atom is 0.237 e. The van der Waals surface area contributed by atoms with Gasteiger partial charge in [0.15, 0.2) is 0 Å². The summed E-state index contributed by atoms with van der Waals surface area (Å²) in [4.78, 5) is 11.9. The van der Waals surface area contributed by atoms with Gasteiger partial charge in [-0.3, -0.25) is 4.79 Å². The molecule has 3 heteroatoms. The molecule has 1 aromatic rings. The van der Waals surface area contributed by atoms with Gasteiger partial charge in [-0.1, -0.05) is 42.0 Å². The Bertz CT molecular complexity index is 453. The van der Waals surface area contributed by atoms with E-state index in [1.54, 1.807) is 0 Å². The molecule has 1 aliphatic rings. The molecule has 0 radical (unpaired) electrons. The van der Waals surface area contributed by atoms with Crippen LogP contribution in [0.3, 0.4) is 0 Å². The number of rotatable bonds is 6. The fraction of sp³-hybridized carbons (Fsp3) is 0.471. The van der Waals surface area contributed by atoms with Crippen molar-refractivity contribution in [3.63, 3.8) is 0 Å². The highest BCUT2D eigenvalue weighted by molar-refractivity contribution is 5.81. The summed E-state index contributed by atoms with van der Waals surface area (Å²) in [6.45, 7) is 0.702. The van der Waals surface area contributed by atoms with Crippen LogP contribution in [0.25, 0.3) is 0 Å². The number of nitrogens with two attached hydrogens (primary N) is 1. The Morgan fingerprint density at radius 1 is 1.25 bits per heavy atom. The molecule has 0 saturated carbocycles. The molecular formula is C17H24N2O. The molecule has 1 atom stereocenters. The van der Waals surface area contributed by atoms with Crippen LogP contribution in [0, 0.1) is 0 Å². The van der Waals surface area contributed by atoms with Crippen molar-refractivity contribution in [3.8, 4) is 0 Å². The SMILES string of the molecule is NC(Cc1ccccc1)C(=O)NCCC1=CCCCC1. The third kappa shape index (κ3) is 4.82. The fourth-order valence-corrected chi connectivity index (χ4v) is 2.57. The lowest BCUT2D eigenvalue weighted by molar-refractivity contribution is -0.122. The van der Waals surface area contributed by atoms with Gasteiger partial charge < -0.3 is 11.1 Å². The summed E-state index contributed by atoms with van der Waals surface area (Å²) in [5, 5.41) is 2.95. The lowest BCUT2D eigenvalue weighted by Crippen LogP contribution is -2.42. The molecule has 108 valence electrons. The van der Waals surface area contributed by atoms with Crippen LogP contribution in [0.15, 0.2) is 42.0 Å². The van der Waals surface area contributed by atoms with Gasteiger partial charge in [-0.05, 0) is 44.1 Å². The van der Waals surface area contributed by atoms with E-state index >= 15 is 0 Å². The summed E-state index contributed by atoms with van der Waals surface area (Å²) in [6, 6.07) is 9.44. The predicted molar refractivity (Wildman–Crippen MR) is 82.3 cm³/mol. The average molecular weight is 272 g/mol. The number of amides is 1. The lowest BCUT2D eigenvalue weighted by Gasteiger charge is -2.15. The monoisotopic (exact) mass is 272 g/mol. The van der Waals surface area contributed by atoms with Crippen LogP contribution in [0.5, 0.6) is 0 Å². The van der Waals surface area contributed by atoms with Crippen LogP contribution >= 0.6 is 0 Å². The van der Waals surface area contributed by atoms with Crippen LogP contribution < -0.4 is 11.1 Å². The number of hydrogen-bond donors (Lipinski definition) is 2. The van der Waals surface area contributed by atoms with Crippen molar-refractivity contribution in [2.45, 2.75) is 44.6 Å². The minimum absolute atomic E-state index is 0.0507. The highest BCUT2D eigenvalue weighted by Crippen LogP contribution is 2.19. The van der Waals surface area contributed by atoms with Gasteiger partial charge in [0.25, 0.3) is 0 Å². The first-order chi connectivity index (χ1) is 9.75. The first-order valence-corrected chi connectivity index (χ1v) is 7.51. The summed E-state index contributed by atoms with van der Waals surface area (Å²) in [5.74, 6) is -0.0507. The Hall–Kier alpha value is -1.61. The van der Waals surface area contributed by atoms with Gasteiger partial charge in [-0.15, -0.1) is 0 Å². The highest BCUT2D eigenvalue weighted by atomic mass is 16.2. The Kier molecular flexibility index (Phi) is 5.81. The Labute approximate surface area is 121 Å². The maximum atomic E-state index is 11.9. The van der Waals surface area contributed by atoms with Crippen molar-refractivity contribution in [2.24, 2.45) is 5.73 Å². The van der Waals surface area contributed by atoms with E-state index in [1.165, 1.54) is 31.3 Å². The van der Waals surface area contributed by atoms with E-state index in [0.717, 1.165) is 12.0 Å². The van der Waals surface area contributed by atoms with Gasteiger partial charge in [0.05, 0.1) is 6.04 Å². The largest absolute Gasteiger partial charge is 0.354 e. The normalized spacial score (nSPS) is 16.4. The predicted octanol–water partition coefficient (Wildman–Crippen LogP) is 2.56. The van der Waals surface area contributed by atoms with Gasteiger partial charge in [0.1, 0.15) is 0 Å². The maximum absolute atomic E-state index is 11.9. The third-order valence-corrected chi connectivity index (χ3v) is 3.77. The van der Waals surface area contributed by atoms with E-state index < -0.39 is 6.04 Å². The summed E-state index contributed by atoms with van der Waals surface area (Å²) in [6.07, 6.45) is 8.84. The second-order valence-electron chi connectivity index (χ2n) is 5.45.